The van der Waals surface area contributed by atoms with Crippen LogP contribution in [0.5, 0.6) is 0 Å². The highest BCUT2D eigenvalue weighted by Crippen LogP contribution is 2.24. The third-order valence-electron chi connectivity index (χ3n) is 3.92. The first-order valence-electron chi connectivity index (χ1n) is 7.23. The highest BCUT2D eigenvalue weighted by Gasteiger charge is 2.19. The van der Waals surface area contributed by atoms with Gasteiger partial charge >= 0.3 is 0 Å². The maximum absolute atomic E-state index is 13.3. The molecule has 0 saturated carbocycles. The van der Waals surface area contributed by atoms with Crippen LogP contribution in [0.3, 0.4) is 0 Å². The lowest BCUT2D eigenvalue weighted by Gasteiger charge is -2.32. The standard InChI is InChI=1S/C16H19FN4/c1-11-15(21-7-5-14(18)6-8-21)10-19-16(20-11)12-3-2-4-13(17)9-12/h2-4,9-10,14H,5-8,18H2,1H3. The Hall–Kier alpha value is -2.01. The molecule has 0 atom stereocenters. The first-order chi connectivity index (χ1) is 10.1. The Bertz CT molecular complexity index is 636. The highest BCUT2D eigenvalue weighted by molar-refractivity contribution is 5.58. The van der Waals surface area contributed by atoms with Crippen molar-refractivity contribution < 1.29 is 4.39 Å². The van der Waals surface area contributed by atoms with Crippen LogP contribution in [0.4, 0.5) is 10.1 Å². The van der Waals surface area contributed by atoms with Crippen molar-refractivity contribution in [2.75, 3.05) is 18.0 Å². The van der Waals surface area contributed by atoms with Gasteiger partial charge in [-0.1, -0.05) is 12.1 Å². The number of hydrogen-bond donors (Lipinski definition) is 1. The average Bonchev–Trinajstić information content (AvgIpc) is 2.48. The Morgan fingerprint density at radius 3 is 2.71 bits per heavy atom. The van der Waals surface area contributed by atoms with E-state index in [-0.39, 0.29) is 5.82 Å². The van der Waals surface area contributed by atoms with E-state index in [2.05, 4.69) is 14.9 Å². The second kappa shape index (κ2) is 5.77. The van der Waals surface area contributed by atoms with Crippen LogP contribution in [-0.4, -0.2) is 29.1 Å². The van der Waals surface area contributed by atoms with Gasteiger partial charge in [0, 0.05) is 24.7 Å². The van der Waals surface area contributed by atoms with Crippen molar-refractivity contribution in [3.8, 4) is 11.4 Å². The van der Waals surface area contributed by atoms with E-state index < -0.39 is 0 Å². The van der Waals surface area contributed by atoms with Crippen molar-refractivity contribution in [3.05, 3.63) is 42.0 Å². The van der Waals surface area contributed by atoms with Gasteiger partial charge in [0.15, 0.2) is 5.82 Å². The smallest absolute Gasteiger partial charge is 0.159 e. The zero-order valence-corrected chi connectivity index (χ0v) is 12.1. The van der Waals surface area contributed by atoms with Crippen LogP contribution in [-0.2, 0) is 0 Å². The molecular formula is C16H19FN4. The molecule has 0 radical (unpaired) electrons. The zero-order chi connectivity index (χ0) is 14.8. The zero-order valence-electron chi connectivity index (χ0n) is 12.1. The molecule has 5 heteroatoms. The number of benzene rings is 1. The van der Waals surface area contributed by atoms with Crippen LogP contribution < -0.4 is 10.6 Å². The molecule has 1 aromatic carbocycles. The number of nitrogens with zero attached hydrogens (tertiary/aromatic N) is 3. The summed E-state index contributed by atoms with van der Waals surface area (Å²) in [4.78, 5) is 11.2. The van der Waals surface area contributed by atoms with E-state index in [1.807, 2.05) is 19.2 Å². The third-order valence-corrected chi connectivity index (χ3v) is 3.92. The van der Waals surface area contributed by atoms with Crippen LogP contribution >= 0.6 is 0 Å². The first-order valence-corrected chi connectivity index (χ1v) is 7.23. The molecule has 2 N–H and O–H groups in total. The Morgan fingerprint density at radius 2 is 2.05 bits per heavy atom. The minimum absolute atomic E-state index is 0.275. The number of piperidine rings is 1. The number of aryl methyl sites for hydroxylation is 1. The number of nitrogens with two attached hydrogens (primary N) is 1. The summed E-state index contributed by atoms with van der Waals surface area (Å²) in [5.41, 5.74) is 8.59. The van der Waals surface area contributed by atoms with E-state index in [0.717, 1.165) is 37.3 Å². The topological polar surface area (TPSA) is 55.0 Å². The van der Waals surface area contributed by atoms with E-state index in [4.69, 9.17) is 5.73 Å². The molecule has 1 fully saturated rings. The molecule has 2 aromatic rings. The Balaban J connectivity index is 1.86. The van der Waals surface area contributed by atoms with Crippen LogP contribution in [0.25, 0.3) is 11.4 Å². The van der Waals surface area contributed by atoms with E-state index in [0.29, 0.717) is 17.4 Å². The first kappa shape index (κ1) is 13.9. The van der Waals surface area contributed by atoms with Crippen molar-refractivity contribution in [3.63, 3.8) is 0 Å². The molecule has 4 nitrogen and oxygen atoms in total. The van der Waals surface area contributed by atoms with Gasteiger partial charge in [0.25, 0.3) is 0 Å². The minimum Gasteiger partial charge on any atom is -0.369 e. The van der Waals surface area contributed by atoms with Crippen LogP contribution in [0.1, 0.15) is 18.5 Å². The molecule has 0 aliphatic carbocycles. The largest absolute Gasteiger partial charge is 0.369 e. The van der Waals surface area contributed by atoms with Gasteiger partial charge in [0.05, 0.1) is 17.6 Å². The summed E-state index contributed by atoms with van der Waals surface area (Å²) in [7, 11) is 0. The molecule has 1 aliphatic rings. The maximum Gasteiger partial charge on any atom is 0.159 e. The fourth-order valence-corrected chi connectivity index (χ4v) is 2.68. The second-order valence-corrected chi connectivity index (χ2v) is 5.50. The fourth-order valence-electron chi connectivity index (χ4n) is 2.68. The van der Waals surface area contributed by atoms with E-state index in [9.17, 15) is 4.39 Å². The molecule has 21 heavy (non-hydrogen) atoms. The van der Waals surface area contributed by atoms with E-state index in [1.54, 1.807) is 6.07 Å². The highest BCUT2D eigenvalue weighted by atomic mass is 19.1. The molecule has 1 saturated heterocycles. The average molecular weight is 286 g/mol. The lowest BCUT2D eigenvalue weighted by molar-refractivity contribution is 0.500. The summed E-state index contributed by atoms with van der Waals surface area (Å²) in [6.07, 6.45) is 3.82. The van der Waals surface area contributed by atoms with Crippen molar-refractivity contribution >= 4 is 5.69 Å². The van der Waals surface area contributed by atoms with Crippen LogP contribution in [0.2, 0.25) is 0 Å². The van der Waals surface area contributed by atoms with Gasteiger partial charge in [-0.3, -0.25) is 0 Å². The molecule has 3 rings (SSSR count). The Kier molecular flexibility index (Phi) is 3.84. The fraction of sp³-hybridized carbons (Fsp3) is 0.375. The molecule has 0 unspecified atom stereocenters. The predicted octanol–water partition coefficient (Wildman–Crippen LogP) is 2.52. The number of anilines is 1. The lowest BCUT2D eigenvalue weighted by atomic mass is 10.1. The molecule has 1 aromatic heterocycles. The maximum atomic E-state index is 13.3. The normalized spacial score (nSPS) is 16.2. The number of hydrogen-bond acceptors (Lipinski definition) is 4. The summed E-state index contributed by atoms with van der Waals surface area (Å²) in [6.45, 7) is 3.84. The molecule has 1 aliphatic heterocycles. The van der Waals surface area contributed by atoms with Gasteiger partial charge in [0.2, 0.25) is 0 Å². The Morgan fingerprint density at radius 1 is 1.29 bits per heavy atom. The molecule has 110 valence electrons. The van der Waals surface area contributed by atoms with E-state index >= 15 is 0 Å². The number of halogens is 1. The van der Waals surface area contributed by atoms with Gasteiger partial charge in [-0.05, 0) is 31.9 Å². The van der Waals surface area contributed by atoms with Gasteiger partial charge in [-0.15, -0.1) is 0 Å². The van der Waals surface area contributed by atoms with Crippen LogP contribution in [0, 0.1) is 12.7 Å². The summed E-state index contributed by atoms with van der Waals surface area (Å²) in [5.74, 6) is 0.285. The quantitative estimate of drug-likeness (QED) is 0.921. The third kappa shape index (κ3) is 3.03. The van der Waals surface area contributed by atoms with Gasteiger partial charge in [0.1, 0.15) is 5.82 Å². The summed E-state index contributed by atoms with van der Waals surface area (Å²) in [5, 5.41) is 0. The number of aromatic nitrogens is 2. The van der Waals surface area contributed by atoms with Crippen LogP contribution in [0.15, 0.2) is 30.5 Å². The lowest BCUT2D eigenvalue weighted by Crippen LogP contribution is -2.40. The van der Waals surface area contributed by atoms with Crippen molar-refractivity contribution in [1.29, 1.82) is 0 Å². The van der Waals surface area contributed by atoms with Crippen molar-refractivity contribution in [2.24, 2.45) is 5.73 Å². The summed E-state index contributed by atoms with van der Waals surface area (Å²) in [6, 6.07) is 6.66. The SMILES string of the molecule is Cc1nc(-c2cccc(F)c2)ncc1N1CCC(N)CC1. The molecule has 0 amide bonds. The summed E-state index contributed by atoms with van der Waals surface area (Å²) >= 11 is 0. The van der Waals surface area contributed by atoms with Crippen molar-refractivity contribution in [1.82, 2.24) is 9.97 Å². The molecular weight excluding hydrogens is 267 g/mol. The van der Waals surface area contributed by atoms with Gasteiger partial charge in [-0.2, -0.15) is 0 Å². The van der Waals surface area contributed by atoms with Gasteiger partial charge in [-0.25, -0.2) is 14.4 Å². The van der Waals surface area contributed by atoms with E-state index in [1.165, 1.54) is 12.1 Å². The molecule has 2 heterocycles. The minimum atomic E-state index is -0.275. The monoisotopic (exact) mass is 286 g/mol. The van der Waals surface area contributed by atoms with Crippen molar-refractivity contribution in [2.45, 2.75) is 25.8 Å². The van der Waals surface area contributed by atoms with Gasteiger partial charge < -0.3 is 10.6 Å². The predicted molar refractivity (Wildman–Crippen MR) is 81.6 cm³/mol. The number of rotatable bonds is 2. The molecule has 0 bridgehead atoms. The summed E-state index contributed by atoms with van der Waals surface area (Å²) < 4.78 is 13.3. The second-order valence-electron chi connectivity index (χ2n) is 5.50. The molecule has 0 spiro atoms. The Labute approximate surface area is 123 Å².